The third-order valence-corrected chi connectivity index (χ3v) is 4.37. The maximum Gasteiger partial charge on any atom is 0.402 e. The molecular formula is C10H20F3NS. The molecule has 5 heteroatoms. The fraction of sp³-hybridized carbons (Fsp3) is 1.00. The van der Waals surface area contributed by atoms with Crippen LogP contribution in [-0.4, -0.2) is 22.7 Å². The van der Waals surface area contributed by atoms with Crippen LogP contribution in [0, 0.1) is 5.92 Å². The summed E-state index contributed by atoms with van der Waals surface area (Å²) in [5.41, 5.74) is 5.51. The van der Waals surface area contributed by atoms with E-state index in [1.54, 1.807) is 6.92 Å². The van der Waals surface area contributed by atoms with Gasteiger partial charge in [-0.2, -0.15) is 13.2 Å². The standard InChI is InChI=1S/C10H20F3NS/c1-5-8(14)9(10(11,12)13)15-7(4)6(2)3/h6-9H,5,14H2,1-4H3. The van der Waals surface area contributed by atoms with E-state index in [2.05, 4.69) is 0 Å². The van der Waals surface area contributed by atoms with Gasteiger partial charge < -0.3 is 5.73 Å². The highest BCUT2D eigenvalue weighted by molar-refractivity contribution is 8.00. The van der Waals surface area contributed by atoms with E-state index >= 15 is 0 Å². The molecule has 0 fully saturated rings. The number of hydrogen-bond donors (Lipinski definition) is 1. The van der Waals surface area contributed by atoms with E-state index in [0.29, 0.717) is 6.42 Å². The van der Waals surface area contributed by atoms with Crippen molar-refractivity contribution in [1.82, 2.24) is 0 Å². The second-order valence-electron chi connectivity index (χ2n) is 4.12. The molecule has 0 amide bonds. The number of rotatable bonds is 5. The maximum atomic E-state index is 12.7. The van der Waals surface area contributed by atoms with Gasteiger partial charge in [-0.15, -0.1) is 11.8 Å². The minimum absolute atomic E-state index is 0.0331. The van der Waals surface area contributed by atoms with Crippen molar-refractivity contribution >= 4 is 11.8 Å². The molecule has 0 bridgehead atoms. The lowest BCUT2D eigenvalue weighted by molar-refractivity contribution is -0.132. The van der Waals surface area contributed by atoms with E-state index in [4.69, 9.17) is 5.73 Å². The highest BCUT2D eigenvalue weighted by Gasteiger charge is 2.44. The summed E-state index contributed by atoms with van der Waals surface area (Å²) in [6.07, 6.45) is -3.86. The summed E-state index contributed by atoms with van der Waals surface area (Å²) in [4.78, 5) is 0. The lowest BCUT2D eigenvalue weighted by atomic mass is 10.1. The van der Waals surface area contributed by atoms with Crippen LogP contribution in [0.1, 0.15) is 34.1 Å². The molecular weight excluding hydrogens is 223 g/mol. The third-order valence-electron chi connectivity index (χ3n) is 2.48. The Balaban J connectivity index is 4.52. The van der Waals surface area contributed by atoms with Crippen molar-refractivity contribution in [2.45, 2.75) is 56.8 Å². The fourth-order valence-corrected chi connectivity index (χ4v) is 2.35. The van der Waals surface area contributed by atoms with Crippen molar-refractivity contribution in [3.63, 3.8) is 0 Å². The van der Waals surface area contributed by atoms with E-state index in [1.165, 1.54) is 0 Å². The first-order chi connectivity index (χ1) is 6.70. The molecule has 0 saturated heterocycles. The average molecular weight is 243 g/mol. The second kappa shape index (κ2) is 5.99. The second-order valence-corrected chi connectivity index (χ2v) is 5.64. The Morgan fingerprint density at radius 1 is 1.20 bits per heavy atom. The SMILES string of the molecule is CCC(N)C(SC(C)C(C)C)C(F)(F)F. The lowest BCUT2D eigenvalue weighted by Gasteiger charge is -2.28. The van der Waals surface area contributed by atoms with E-state index in [9.17, 15) is 13.2 Å². The van der Waals surface area contributed by atoms with Crippen LogP contribution in [0.4, 0.5) is 13.2 Å². The number of alkyl halides is 3. The molecule has 0 spiro atoms. The zero-order chi connectivity index (χ0) is 12.2. The van der Waals surface area contributed by atoms with Gasteiger partial charge in [0.15, 0.2) is 0 Å². The van der Waals surface area contributed by atoms with E-state index in [0.717, 1.165) is 11.8 Å². The molecule has 15 heavy (non-hydrogen) atoms. The molecule has 0 aromatic heterocycles. The molecule has 0 aromatic carbocycles. The monoisotopic (exact) mass is 243 g/mol. The Morgan fingerprint density at radius 2 is 1.67 bits per heavy atom. The molecule has 0 rings (SSSR count). The van der Waals surface area contributed by atoms with E-state index < -0.39 is 17.5 Å². The first-order valence-electron chi connectivity index (χ1n) is 5.17. The first-order valence-corrected chi connectivity index (χ1v) is 6.12. The van der Waals surface area contributed by atoms with Gasteiger partial charge in [0, 0.05) is 11.3 Å². The molecule has 0 radical (unpaired) electrons. The zero-order valence-electron chi connectivity index (χ0n) is 9.64. The maximum absolute atomic E-state index is 12.7. The highest BCUT2D eigenvalue weighted by atomic mass is 32.2. The quantitative estimate of drug-likeness (QED) is 0.800. The summed E-state index contributed by atoms with van der Waals surface area (Å²) < 4.78 is 38.0. The molecule has 1 nitrogen and oxygen atoms in total. The van der Waals surface area contributed by atoms with Crippen molar-refractivity contribution in [3.8, 4) is 0 Å². The van der Waals surface area contributed by atoms with Crippen LogP contribution in [0.5, 0.6) is 0 Å². The van der Waals surface area contributed by atoms with Gasteiger partial charge in [-0.05, 0) is 12.3 Å². The molecule has 3 unspecified atom stereocenters. The molecule has 3 atom stereocenters. The Bertz CT molecular complexity index is 182. The number of nitrogens with two attached hydrogens (primary N) is 1. The van der Waals surface area contributed by atoms with Crippen LogP contribution in [0.2, 0.25) is 0 Å². The molecule has 92 valence electrons. The summed E-state index contributed by atoms with van der Waals surface area (Å²) in [5.74, 6) is 0.226. The molecule has 2 N–H and O–H groups in total. The Kier molecular flexibility index (Phi) is 6.03. The van der Waals surface area contributed by atoms with Gasteiger partial charge in [-0.1, -0.05) is 27.7 Å². The van der Waals surface area contributed by atoms with Crippen molar-refractivity contribution in [1.29, 1.82) is 0 Å². The van der Waals surface area contributed by atoms with Crippen LogP contribution < -0.4 is 5.73 Å². The van der Waals surface area contributed by atoms with Gasteiger partial charge in [-0.25, -0.2) is 0 Å². The highest BCUT2D eigenvalue weighted by Crippen LogP contribution is 2.37. The smallest absolute Gasteiger partial charge is 0.326 e. The van der Waals surface area contributed by atoms with Crippen LogP contribution in [0.3, 0.4) is 0 Å². The average Bonchev–Trinajstić information content (AvgIpc) is 2.10. The largest absolute Gasteiger partial charge is 0.402 e. The minimum Gasteiger partial charge on any atom is -0.326 e. The predicted octanol–water partition coefficient (Wildman–Crippen LogP) is 3.43. The van der Waals surface area contributed by atoms with E-state index in [-0.39, 0.29) is 11.2 Å². The van der Waals surface area contributed by atoms with Gasteiger partial charge in [0.05, 0.1) is 0 Å². The van der Waals surface area contributed by atoms with Gasteiger partial charge in [0.25, 0.3) is 0 Å². The number of halogens is 3. The minimum atomic E-state index is -4.21. The summed E-state index contributed by atoms with van der Waals surface area (Å²) in [7, 11) is 0. The van der Waals surface area contributed by atoms with Crippen molar-refractivity contribution in [2.24, 2.45) is 11.7 Å². The topological polar surface area (TPSA) is 26.0 Å². The van der Waals surface area contributed by atoms with Crippen molar-refractivity contribution < 1.29 is 13.2 Å². The molecule has 0 aromatic rings. The summed E-state index contributed by atoms with van der Waals surface area (Å²) in [6.45, 7) is 7.34. The number of hydrogen-bond acceptors (Lipinski definition) is 2. The first kappa shape index (κ1) is 15.1. The van der Waals surface area contributed by atoms with Crippen LogP contribution >= 0.6 is 11.8 Å². The van der Waals surface area contributed by atoms with E-state index in [1.807, 2.05) is 20.8 Å². The van der Waals surface area contributed by atoms with Crippen LogP contribution in [-0.2, 0) is 0 Å². The fourth-order valence-electron chi connectivity index (χ4n) is 1.02. The Labute approximate surface area is 94.0 Å². The van der Waals surface area contributed by atoms with Crippen molar-refractivity contribution in [2.75, 3.05) is 0 Å². The normalized spacial score (nSPS) is 19.0. The summed E-state index contributed by atoms with van der Waals surface area (Å²) in [6, 6.07) is -0.809. The van der Waals surface area contributed by atoms with Gasteiger partial charge in [-0.3, -0.25) is 0 Å². The van der Waals surface area contributed by atoms with Gasteiger partial charge in [0.2, 0.25) is 0 Å². The van der Waals surface area contributed by atoms with Crippen molar-refractivity contribution in [3.05, 3.63) is 0 Å². The van der Waals surface area contributed by atoms with Crippen LogP contribution in [0.25, 0.3) is 0 Å². The van der Waals surface area contributed by atoms with Gasteiger partial charge in [0.1, 0.15) is 5.25 Å². The zero-order valence-corrected chi connectivity index (χ0v) is 10.5. The third kappa shape index (κ3) is 5.11. The summed E-state index contributed by atoms with van der Waals surface area (Å²) in [5, 5.41) is -1.48. The lowest BCUT2D eigenvalue weighted by Crippen LogP contribution is -2.43. The van der Waals surface area contributed by atoms with Gasteiger partial charge >= 0.3 is 6.18 Å². The summed E-state index contributed by atoms with van der Waals surface area (Å²) >= 11 is 0.942. The molecule has 0 aliphatic rings. The van der Waals surface area contributed by atoms with Crippen LogP contribution in [0.15, 0.2) is 0 Å². The molecule has 0 aliphatic carbocycles. The number of thioether (sulfide) groups is 1. The Hall–Kier alpha value is 0.100. The Morgan fingerprint density at radius 3 is 1.93 bits per heavy atom. The predicted molar refractivity (Wildman–Crippen MR) is 60.0 cm³/mol. The molecule has 0 heterocycles. The molecule has 0 aliphatic heterocycles. The molecule has 0 saturated carbocycles.